The Bertz CT molecular complexity index is 897. The third-order valence-electron chi connectivity index (χ3n) is 4.27. The van der Waals surface area contributed by atoms with Gasteiger partial charge in [-0.3, -0.25) is 0 Å². The van der Waals surface area contributed by atoms with E-state index in [0.29, 0.717) is 11.3 Å². The van der Waals surface area contributed by atoms with Crippen LogP contribution in [0.2, 0.25) is 0 Å². The Labute approximate surface area is 142 Å². The minimum atomic E-state index is -4.37. The summed E-state index contributed by atoms with van der Waals surface area (Å²) in [6.07, 6.45) is -1.01. The van der Waals surface area contributed by atoms with E-state index in [-0.39, 0.29) is 0 Å². The number of hydrogen-bond donors (Lipinski definition) is 1. The minimum Gasteiger partial charge on any atom is -0.352 e. The van der Waals surface area contributed by atoms with Crippen molar-refractivity contribution in [1.29, 1.82) is 0 Å². The van der Waals surface area contributed by atoms with Crippen molar-refractivity contribution in [2.24, 2.45) is 0 Å². The standard InChI is InChI=1S/C17H16F3N5/c18-17(19,20)13-3-1-2-12(10-13)14-11-15-16(22-6-9-25(15)23-14)24-7-4-21-5-8-24/h1-3,6,9-11,21H,4-5,7-8H2. The molecular weight excluding hydrogens is 331 g/mol. The van der Waals surface area contributed by atoms with Crippen LogP contribution in [-0.4, -0.2) is 40.8 Å². The molecule has 1 fully saturated rings. The summed E-state index contributed by atoms with van der Waals surface area (Å²) < 4.78 is 40.5. The van der Waals surface area contributed by atoms with Crippen LogP contribution in [0.25, 0.3) is 16.8 Å². The third-order valence-corrected chi connectivity index (χ3v) is 4.27. The van der Waals surface area contributed by atoms with Crippen molar-refractivity contribution in [3.63, 3.8) is 0 Å². The van der Waals surface area contributed by atoms with Gasteiger partial charge in [-0.2, -0.15) is 18.3 Å². The molecule has 0 saturated carbocycles. The molecule has 1 saturated heterocycles. The van der Waals surface area contributed by atoms with E-state index in [9.17, 15) is 13.2 Å². The lowest BCUT2D eigenvalue weighted by Gasteiger charge is -2.28. The first kappa shape index (κ1) is 15.9. The van der Waals surface area contributed by atoms with Crippen LogP contribution in [0.1, 0.15) is 5.56 Å². The van der Waals surface area contributed by atoms with Gasteiger partial charge in [0.1, 0.15) is 5.52 Å². The molecule has 1 N–H and O–H groups in total. The smallest absolute Gasteiger partial charge is 0.352 e. The minimum absolute atomic E-state index is 0.435. The summed E-state index contributed by atoms with van der Waals surface area (Å²) in [7, 11) is 0. The lowest BCUT2D eigenvalue weighted by molar-refractivity contribution is -0.137. The highest BCUT2D eigenvalue weighted by Crippen LogP contribution is 2.32. The first-order valence-corrected chi connectivity index (χ1v) is 8.00. The Balaban J connectivity index is 1.77. The van der Waals surface area contributed by atoms with E-state index >= 15 is 0 Å². The topological polar surface area (TPSA) is 45.5 Å². The largest absolute Gasteiger partial charge is 0.416 e. The highest BCUT2D eigenvalue weighted by atomic mass is 19.4. The summed E-state index contributed by atoms with van der Waals surface area (Å²) in [5.74, 6) is 0.801. The molecule has 1 aliphatic rings. The molecule has 25 heavy (non-hydrogen) atoms. The van der Waals surface area contributed by atoms with Gasteiger partial charge in [-0.05, 0) is 18.2 Å². The molecule has 0 bridgehead atoms. The van der Waals surface area contributed by atoms with Gasteiger partial charge in [0.25, 0.3) is 0 Å². The maximum absolute atomic E-state index is 12.9. The molecule has 3 aromatic rings. The maximum Gasteiger partial charge on any atom is 0.416 e. The molecule has 1 aromatic carbocycles. The van der Waals surface area contributed by atoms with Crippen molar-refractivity contribution < 1.29 is 13.2 Å². The molecule has 3 heterocycles. The van der Waals surface area contributed by atoms with Crippen LogP contribution >= 0.6 is 0 Å². The third kappa shape index (κ3) is 3.05. The second-order valence-electron chi connectivity index (χ2n) is 5.93. The molecule has 0 atom stereocenters. The molecule has 0 radical (unpaired) electrons. The highest BCUT2D eigenvalue weighted by molar-refractivity contribution is 5.75. The van der Waals surface area contributed by atoms with Gasteiger partial charge in [-0.15, -0.1) is 0 Å². The monoisotopic (exact) mass is 347 g/mol. The fourth-order valence-corrected chi connectivity index (χ4v) is 3.02. The summed E-state index contributed by atoms with van der Waals surface area (Å²) >= 11 is 0. The average Bonchev–Trinajstić information content (AvgIpc) is 3.06. The Hall–Kier alpha value is -2.61. The quantitative estimate of drug-likeness (QED) is 0.774. The summed E-state index contributed by atoms with van der Waals surface area (Å²) in [5.41, 5.74) is 1.04. The van der Waals surface area contributed by atoms with E-state index in [0.717, 1.165) is 49.6 Å². The summed E-state index contributed by atoms with van der Waals surface area (Å²) in [5, 5.41) is 7.71. The second kappa shape index (κ2) is 6.03. The number of fused-ring (bicyclic) bond motifs is 1. The average molecular weight is 347 g/mol. The van der Waals surface area contributed by atoms with E-state index in [1.165, 1.54) is 6.07 Å². The number of aromatic nitrogens is 3. The maximum atomic E-state index is 12.9. The van der Waals surface area contributed by atoms with Gasteiger partial charge in [0.2, 0.25) is 0 Å². The Morgan fingerprint density at radius 1 is 1.08 bits per heavy atom. The van der Waals surface area contributed by atoms with Crippen LogP contribution in [-0.2, 0) is 6.18 Å². The van der Waals surface area contributed by atoms with Crippen LogP contribution in [0.3, 0.4) is 0 Å². The van der Waals surface area contributed by atoms with Crippen molar-refractivity contribution in [2.75, 3.05) is 31.1 Å². The number of nitrogens with zero attached hydrogens (tertiary/aromatic N) is 4. The van der Waals surface area contributed by atoms with Gasteiger partial charge in [-0.25, -0.2) is 9.50 Å². The van der Waals surface area contributed by atoms with Crippen LogP contribution in [0.4, 0.5) is 19.0 Å². The van der Waals surface area contributed by atoms with Gasteiger partial charge in [0.15, 0.2) is 5.82 Å². The SMILES string of the molecule is FC(F)(F)c1cccc(-c2cc3c(N4CCNCC4)nccn3n2)c1. The first-order valence-electron chi connectivity index (χ1n) is 8.00. The van der Waals surface area contributed by atoms with Gasteiger partial charge in [0, 0.05) is 44.1 Å². The fourth-order valence-electron chi connectivity index (χ4n) is 3.02. The van der Waals surface area contributed by atoms with Crippen LogP contribution in [0.15, 0.2) is 42.7 Å². The zero-order valence-corrected chi connectivity index (χ0v) is 13.3. The Morgan fingerprint density at radius 3 is 2.64 bits per heavy atom. The number of anilines is 1. The lowest BCUT2D eigenvalue weighted by atomic mass is 10.1. The number of piperazine rings is 1. The summed E-state index contributed by atoms with van der Waals surface area (Å²) in [6, 6.07) is 7.01. The Kier molecular flexibility index (Phi) is 3.84. The van der Waals surface area contributed by atoms with E-state index in [1.54, 1.807) is 29.0 Å². The van der Waals surface area contributed by atoms with Crippen molar-refractivity contribution in [3.8, 4) is 11.3 Å². The molecule has 0 aliphatic carbocycles. The normalized spacial score (nSPS) is 15.7. The van der Waals surface area contributed by atoms with Crippen molar-refractivity contribution in [2.45, 2.75) is 6.18 Å². The molecular formula is C17H16F3N5. The zero-order valence-electron chi connectivity index (χ0n) is 13.3. The van der Waals surface area contributed by atoms with E-state index in [2.05, 4.69) is 20.3 Å². The van der Waals surface area contributed by atoms with Crippen molar-refractivity contribution in [1.82, 2.24) is 19.9 Å². The fraction of sp³-hybridized carbons (Fsp3) is 0.294. The predicted octanol–water partition coefficient (Wildman–Crippen LogP) is 2.82. The van der Waals surface area contributed by atoms with Crippen molar-refractivity contribution in [3.05, 3.63) is 48.3 Å². The zero-order chi connectivity index (χ0) is 17.4. The number of halogens is 3. The number of alkyl halides is 3. The second-order valence-corrected chi connectivity index (χ2v) is 5.93. The van der Waals surface area contributed by atoms with E-state index < -0.39 is 11.7 Å². The molecule has 0 unspecified atom stereocenters. The molecule has 2 aromatic heterocycles. The molecule has 5 nitrogen and oxygen atoms in total. The van der Waals surface area contributed by atoms with Gasteiger partial charge in [0.05, 0.1) is 11.3 Å². The van der Waals surface area contributed by atoms with Crippen LogP contribution in [0.5, 0.6) is 0 Å². The molecule has 8 heteroatoms. The van der Waals surface area contributed by atoms with Crippen LogP contribution < -0.4 is 10.2 Å². The number of rotatable bonds is 2. The van der Waals surface area contributed by atoms with E-state index in [4.69, 9.17) is 0 Å². The first-order chi connectivity index (χ1) is 12.0. The summed E-state index contributed by atoms with van der Waals surface area (Å²) in [6.45, 7) is 3.40. The molecule has 0 amide bonds. The molecule has 1 aliphatic heterocycles. The van der Waals surface area contributed by atoms with Crippen LogP contribution in [0, 0.1) is 0 Å². The summed E-state index contributed by atoms with van der Waals surface area (Å²) in [4.78, 5) is 6.61. The Morgan fingerprint density at radius 2 is 1.88 bits per heavy atom. The molecule has 0 spiro atoms. The molecule has 130 valence electrons. The van der Waals surface area contributed by atoms with Gasteiger partial charge < -0.3 is 10.2 Å². The van der Waals surface area contributed by atoms with Gasteiger partial charge >= 0.3 is 6.18 Å². The predicted molar refractivity (Wildman–Crippen MR) is 88.5 cm³/mol. The number of benzene rings is 1. The number of hydrogen-bond acceptors (Lipinski definition) is 4. The highest BCUT2D eigenvalue weighted by Gasteiger charge is 2.30. The number of nitrogens with one attached hydrogen (secondary N) is 1. The van der Waals surface area contributed by atoms with E-state index in [1.807, 2.05) is 0 Å². The lowest BCUT2D eigenvalue weighted by Crippen LogP contribution is -2.44. The molecule has 4 rings (SSSR count). The van der Waals surface area contributed by atoms with Gasteiger partial charge in [-0.1, -0.05) is 12.1 Å². The van der Waals surface area contributed by atoms with Crippen molar-refractivity contribution >= 4 is 11.3 Å².